The van der Waals surface area contributed by atoms with E-state index in [0.717, 1.165) is 12.8 Å². The van der Waals surface area contributed by atoms with E-state index in [-0.39, 0.29) is 26.7 Å². The van der Waals surface area contributed by atoms with Crippen molar-refractivity contribution < 1.29 is 21.6 Å². The minimum Gasteiger partial charge on any atom is -0.457 e. The van der Waals surface area contributed by atoms with Crippen LogP contribution in [0.2, 0.25) is 0 Å². The molecule has 11 heteroatoms. The Morgan fingerprint density at radius 2 is 1.32 bits per heavy atom. The lowest BCUT2D eigenvalue weighted by Crippen LogP contribution is -2.49. The van der Waals surface area contributed by atoms with Crippen LogP contribution in [0.5, 0.6) is 11.5 Å². The summed E-state index contributed by atoms with van der Waals surface area (Å²) >= 11 is 0. The summed E-state index contributed by atoms with van der Waals surface area (Å²) in [5.41, 5.74) is 8.66. The normalized spacial score (nSPS) is 25.7. The Kier molecular flexibility index (Phi) is 7.37. The van der Waals surface area contributed by atoms with Crippen molar-refractivity contribution in [2.75, 3.05) is 0 Å². The molecule has 38 heavy (non-hydrogen) atoms. The Labute approximate surface area is 225 Å². The standard InChI is InChI=1S/C27H36N4O5S2/c1-26(2,3)24-17-15-22(25(24)27(4,5)6)23(16-17)29-37(32,33)20-11-7-18(8-12-20)36-19-9-13-21(14-10-19)38(34,35)31-30-28/h7-14,17,22-25,29H,15-16H2,1-6H3. The molecule has 2 bridgehead atoms. The fourth-order valence-electron chi connectivity index (χ4n) is 6.79. The summed E-state index contributed by atoms with van der Waals surface area (Å²) in [4.78, 5) is 2.34. The first kappa shape index (κ1) is 28.4. The maximum Gasteiger partial charge on any atom is 0.264 e. The van der Waals surface area contributed by atoms with Gasteiger partial charge in [-0.1, -0.05) is 41.5 Å². The number of azide groups is 1. The first-order valence-electron chi connectivity index (χ1n) is 12.7. The van der Waals surface area contributed by atoms with Crippen molar-refractivity contribution in [2.45, 2.75) is 70.2 Å². The third-order valence-corrected chi connectivity index (χ3v) is 10.6. The Bertz CT molecular complexity index is 1430. The van der Waals surface area contributed by atoms with E-state index in [2.05, 4.69) is 55.7 Å². The van der Waals surface area contributed by atoms with Gasteiger partial charge in [-0.15, -0.1) is 0 Å². The molecule has 2 fully saturated rings. The Hall–Kier alpha value is -2.59. The second-order valence-electron chi connectivity index (χ2n) is 12.6. The van der Waals surface area contributed by atoms with Gasteiger partial charge >= 0.3 is 0 Å². The van der Waals surface area contributed by atoms with Crippen molar-refractivity contribution >= 4 is 20.0 Å². The first-order valence-corrected chi connectivity index (χ1v) is 15.7. The van der Waals surface area contributed by atoms with Gasteiger partial charge in [0.2, 0.25) is 10.0 Å². The lowest BCUT2D eigenvalue weighted by atomic mass is 9.58. The maximum absolute atomic E-state index is 13.3. The van der Waals surface area contributed by atoms with E-state index in [4.69, 9.17) is 10.3 Å². The lowest BCUT2D eigenvalue weighted by molar-refractivity contribution is 0.0146. The lowest BCUT2D eigenvalue weighted by Gasteiger charge is -2.48. The van der Waals surface area contributed by atoms with Crippen LogP contribution in [0.4, 0.5) is 0 Å². The number of nitrogens with zero attached hydrogens (tertiary/aromatic N) is 3. The molecule has 0 spiro atoms. The van der Waals surface area contributed by atoms with Crippen LogP contribution >= 0.6 is 0 Å². The van der Waals surface area contributed by atoms with E-state index in [9.17, 15) is 16.8 Å². The van der Waals surface area contributed by atoms with Gasteiger partial charge in [0.1, 0.15) is 11.5 Å². The molecule has 0 heterocycles. The summed E-state index contributed by atoms with van der Waals surface area (Å²) < 4.78 is 61.8. The molecule has 4 rings (SSSR count). The minimum absolute atomic E-state index is 0.0797. The topological polar surface area (TPSA) is 138 Å². The molecule has 2 aliphatic rings. The van der Waals surface area contributed by atoms with Crippen LogP contribution in [0.3, 0.4) is 0 Å². The molecule has 206 valence electrons. The zero-order chi connectivity index (χ0) is 28.1. The Morgan fingerprint density at radius 3 is 1.79 bits per heavy atom. The largest absolute Gasteiger partial charge is 0.457 e. The van der Waals surface area contributed by atoms with E-state index >= 15 is 0 Å². The molecule has 5 atom stereocenters. The molecule has 0 aliphatic heterocycles. The van der Waals surface area contributed by atoms with Crippen molar-refractivity contribution in [3.63, 3.8) is 0 Å². The summed E-state index contributed by atoms with van der Waals surface area (Å²) in [5, 5.41) is 0. The minimum atomic E-state index is -4.08. The van der Waals surface area contributed by atoms with Gasteiger partial charge < -0.3 is 4.74 Å². The quantitative estimate of drug-likeness (QED) is 0.234. The summed E-state index contributed by atoms with van der Waals surface area (Å²) in [5.74, 6) is 2.58. The van der Waals surface area contributed by atoms with E-state index in [0.29, 0.717) is 35.2 Å². The zero-order valence-corrected chi connectivity index (χ0v) is 24.3. The number of hydrogen-bond donors (Lipinski definition) is 1. The smallest absolute Gasteiger partial charge is 0.264 e. The van der Waals surface area contributed by atoms with Crippen LogP contribution in [-0.4, -0.2) is 22.9 Å². The predicted octanol–water partition coefficient (Wildman–Crippen LogP) is 6.49. The van der Waals surface area contributed by atoms with Gasteiger partial charge in [0.05, 0.1) is 9.79 Å². The molecule has 2 aromatic rings. The Morgan fingerprint density at radius 1 is 0.816 bits per heavy atom. The van der Waals surface area contributed by atoms with Crippen LogP contribution in [-0.2, 0) is 20.0 Å². The Balaban J connectivity index is 1.46. The second kappa shape index (κ2) is 9.86. The van der Waals surface area contributed by atoms with Crippen LogP contribution in [0.25, 0.3) is 10.4 Å². The molecule has 9 nitrogen and oxygen atoms in total. The average Bonchev–Trinajstić information content (AvgIpc) is 3.37. The fourth-order valence-corrected chi connectivity index (χ4v) is 8.76. The van der Waals surface area contributed by atoms with Gasteiger partial charge in [0.15, 0.2) is 0 Å². The number of rotatable bonds is 7. The van der Waals surface area contributed by atoms with Gasteiger partial charge in [-0.25, -0.2) is 21.6 Å². The number of ether oxygens (including phenoxy) is 1. The van der Waals surface area contributed by atoms with Crippen LogP contribution in [0.1, 0.15) is 54.4 Å². The third-order valence-electron chi connectivity index (χ3n) is 7.95. The highest BCUT2D eigenvalue weighted by Gasteiger charge is 2.59. The second-order valence-corrected chi connectivity index (χ2v) is 15.9. The predicted molar refractivity (Wildman–Crippen MR) is 146 cm³/mol. The summed E-state index contributed by atoms with van der Waals surface area (Å²) in [6.45, 7) is 13.7. The molecule has 0 amide bonds. The van der Waals surface area contributed by atoms with Gasteiger partial charge in [0, 0.05) is 15.5 Å². The van der Waals surface area contributed by atoms with Gasteiger partial charge in [-0.2, -0.15) is 0 Å². The van der Waals surface area contributed by atoms with Gasteiger partial charge in [0.25, 0.3) is 10.0 Å². The molecular weight excluding hydrogens is 524 g/mol. The third kappa shape index (κ3) is 5.71. The molecule has 0 aromatic heterocycles. The highest BCUT2D eigenvalue weighted by Crippen LogP contribution is 2.62. The highest BCUT2D eigenvalue weighted by atomic mass is 32.2. The first-order chi connectivity index (χ1) is 17.5. The zero-order valence-electron chi connectivity index (χ0n) is 22.6. The molecule has 5 unspecified atom stereocenters. The summed E-state index contributed by atoms with van der Waals surface area (Å²) in [6, 6.07) is 11.5. The van der Waals surface area contributed by atoms with Crippen LogP contribution in [0, 0.1) is 34.5 Å². The van der Waals surface area contributed by atoms with Crippen LogP contribution < -0.4 is 9.46 Å². The van der Waals surface area contributed by atoms with E-state index in [1.165, 1.54) is 36.4 Å². The van der Waals surface area contributed by atoms with E-state index in [1.807, 2.05) is 0 Å². The number of fused-ring (bicyclic) bond motifs is 2. The molecule has 2 aliphatic carbocycles. The maximum atomic E-state index is 13.3. The molecule has 2 saturated carbocycles. The number of nitrogens with one attached hydrogen (secondary N) is 1. The number of benzene rings is 2. The molecule has 1 N–H and O–H groups in total. The molecule has 0 saturated heterocycles. The summed E-state index contributed by atoms with van der Waals surface area (Å²) in [6.07, 6.45) is 1.93. The van der Waals surface area contributed by atoms with E-state index in [1.54, 1.807) is 12.1 Å². The average molecular weight is 561 g/mol. The monoisotopic (exact) mass is 560 g/mol. The highest BCUT2D eigenvalue weighted by molar-refractivity contribution is 7.90. The van der Waals surface area contributed by atoms with Crippen molar-refractivity contribution in [3.05, 3.63) is 59.0 Å². The fraction of sp³-hybridized carbons (Fsp3) is 0.556. The van der Waals surface area contributed by atoms with Crippen LogP contribution in [0.15, 0.2) is 62.8 Å². The van der Waals surface area contributed by atoms with Gasteiger partial charge in [-0.3, -0.25) is 0 Å². The number of sulfonamides is 2. The SMILES string of the molecule is CC(C)(C)C1C2CC(NS(=O)(=O)c3ccc(Oc4ccc(S(=O)(=O)N=[N+]=[N-])cc4)cc3)C(C2)C1C(C)(C)C. The summed E-state index contributed by atoms with van der Waals surface area (Å²) in [7, 11) is -7.80. The van der Waals surface area contributed by atoms with E-state index < -0.39 is 20.0 Å². The van der Waals surface area contributed by atoms with Crippen molar-refractivity contribution in [2.24, 2.45) is 39.0 Å². The molecule has 0 radical (unpaired) electrons. The molecule has 2 aromatic carbocycles. The van der Waals surface area contributed by atoms with Crippen molar-refractivity contribution in [1.82, 2.24) is 4.72 Å². The van der Waals surface area contributed by atoms with Gasteiger partial charge in [-0.05, 0) is 101 Å². The van der Waals surface area contributed by atoms with Crippen molar-refractivity contribution in [1.29, 1.82) is 0 Å². The molecular formula is C27H36N4O5S2. The van der Waals surface area contributed by atoms with Crippen molar-refractivity contribution in [3.8, 4) is 11.5 Å². The number of hydrogen-bond acceptors (Lipinski definition) is 5.